The molecule has 2 rings (SSSR count). The normalized spacial score (nSPS) is 19.1. The first-order valence-electron chi connectivity index (χ1n) is 6.72. The highest BCUT2D eigenvalue weighted by atomic mass is 16.6. The fourth-order valence-corrected chi connectivity index (χ4v) is 2.88. The van der Waals surface area contributed by atoms with Gasteiger partial charge in [0.05, 0.1) is 0 Å². The molecular weight excluding hydrogens is 246 g/mol. The Kier molecular flexibility index (Phi) is 4.04. The average Bonchev–Trinajstić information content (AvgIpc) is 2.93. The second-order valence-corrected chi connectivity index (χ2v) is 4.85. The smallest absolute Gasteiger partial charge is 0.358 e. The van der Waals surface area contributed by atoms with E-state index in [0.29, 0.717) is 24.2 Å². The van der Waals surface area contributed by atoms with Gasteiger partial charge >= 0.3 is 5.82 Å². The predicted octanol–water partition coefficient (Wildman–Crippen LogP) is 1.31. The molecule has 7 heteroatoms. The molecule has 0 aliphatic carbocycles. The molecular formula is C12H21N5O2. The summed E-state index contributed by atoms with van der Waals surface area (Å²) in [6, 6.07) is 0.310. The zero-order chi connectivity index (χ0) is 14.0. The molecule has 1 aromatic rings. The highest BCUT2D eigenvalue weighted by Crippen LogP contribution is 2.34. The summed E-state index contributed by atoms with van der Waals surface area (Å²) in [5, 5.41) is 14.4. The van der Waals surface area contributed by atoms with Gasteiger partial charge in [0.2, 0.25) is 11.6 Å². The van der Waals surface area contributed by atoms with E-state index in [9.17, 15) is 10.1 Å². The van der Waals surface area contributed by atoms with Crippen molar-refractivity contribution in [2.75, 3.05) is 25.0 Å². The number of anilines is 1. The predicted molar refractivity (Wildman–Crippen MR) is 73.6 cm³/mol. The zero-order valence-electron chi connectivity index (χ0n) is 11.7. The Morgan fingerprint density at radius 1 is 1.58 bits per heavy atom. The lowest BCUT2D eigenvalue weighted by molar-refractivity contribution is -0.388. The van der Waals surface area contributed by atoms with Crippen molar-refractivity contribution in [1.82, 2.24) is 14.9 Å². The van der Waals surface area contributed by atoms with Crippen molar-refractivity contribution in [3.63, 3.8) is 0 Å². The van der Waals surface area contributed by atoms with Crippen LogP contribution in [0.4, 0.5) is 11.6 Å². The van der Waals surface area contributed by atoms with Crippen LogP contribution in [0.2, 0.25) is 0 Å². The van der Waals surface area contributed by atoms with Gasteiger partial charge in [-0.3, -0.25) is 4.57 Å². The van der Waals surface area contributed by atoms with Gasteiger partial charge in [-0.05, 0) is 36.7 Å². The first kappa shape index (κ1) is 13.8. The Labute approximate surface area is 112 Å². The van der Waals surface area contributed by atoms with E-state index in [4.69, 9.17) is 0 Å². The highest BCUT2D eigenvalue weighted by Gasteiger charge is 2.35. The summed E-state index contributed by atoms with van der Waals surface area (Å²) in [4.78, 5) is 17.1. The van der Waals surface area contributed by atoms with Crippen LogP contribution in [0.3, 0.4) is 0 Å². The van der Waals surface area contributed by atoms with Gasteiger partial charge in [-0.1, -0.05) is 0 Å². The van der Waals surface area contributed by atoms with E-state index in [1.54, 1.807) is 0 Å². The molecule has 1 atom stereocenters. The number of nitro groups is 1. The molecule has 0 spiro atoms. The number of nitrogens with one attached hydrogen (secondary N) is 1. The number of imidazole rings is 1. The van der Waals surface area contributed by atoms with E-state index in [2.05, 4.69) is 15.2 Å². The molecule has 0 radical (unpaired) electrons. The number of rotatable bonds is 5. The highest BCUT2D eigenvalue weighted by molar-refractivity contribution is 5.57. The SMILES string of the molecule is CCn1c(C)nc([N+](=O)[O-])c1N1CCCC1CNC. The van der Waals surface area contributed by atoms with Crippen LogP contribution in [0.1, 0.15) is 25.6 Å². The van der Waals surface area contributed by atoms with Crippen molar-refractivity contribution >= 4 is 11.6 Å². The molecule has 106 valence electrons. The standard InChI is InChI=1S/C12H21N5O2/c1-4-15-9(2)14-11(17(18)19)12(15)16-7-5-6-10(16)8-13-3/h10,13H,4-8H2,1-3H3. The number of aromatic nitrogens is 2. The minimum atomic E-state index is -0.372. The van der Waals surface area contributed by atoms with Crippen LogP contribution in [0.25, 0.3) is 0 Å². The quantitative estimate of drug-likeness (QED) is 0.643. The number of aryl methyl sites for hydroxylation is 1. The third-order valence-electron chi connectivity index (χ3n) is 3.69. The summed E-state index contributed by atoms with van der Waals surface area (Å²) in [5.74, 6) is 1.37. The topological polar surface area (TPSA) is 76.2 Å². The summed E-state index contributed by atoms with van der Waals surface area (Å²) in [6.07, 6.45) is 2.13. The fourth-order valence-electron chi connectivity index (χ4n) is 2.88. The van der Waals surface area contributed by atoms with Gasteiger partial charge in [-0.15, -0.1) is 0 Å². The molecule has 7 nitrogen and oxygen atoms in total. The van der Waals surface area contributed by atoms with Crippen LogP contribution in [0, 0.1) is 17.0 Å². The Hall–Kier alpha value is -1.63. The Bertz CT molecular complexity index is 471. The van der Waals surface area contributed by atoms with Crippen molar-refractivity contribution in [2.24, 2.45) is 0 Å². The Morgan fingerprint density at radius 2 is 2.32 bits per heavy atom. The fraction of sp³-hybridized carbons (Fsp3) is 0.750. The van der Waals surface area contributed by atoms with Gasteiger partial charge in [-0.2, -0.15) is 0 Å². The van der Waals surface area contributed by atoms with Gasteiger partial charge in [0.25, 0.3) is 0 Å². The minimum absolute atomic E-state index is 0.0117. The van der Waals surface area contributed by atoms with E-state index in [1.807, 2.05) is 25.5 Å². The van der Waals surface area contributed by atoms with Crippen LogP contribution < -0.4 is 10.2 Å². The molecule has 1 unspecified atom stereocenters. The van der Waals surface area contributed by atoms with Crippen molar-refractivity contribution in [3.8, 4) is 0 Å². The first-order chi connectivity index (χ1) is 9.10. The molecule has 19 heavy (non-hydrogen) atoms. The lowest BCUT2D eigenvalue weighted by Gasteiger charge is -2.26. The maximum Gasteiger partial charge on any atom is 0.406 e. The maximum atomic E-state index is 11.2. The van der Waals surface area contributed by atoms with Crippen LogP contribution in [-0.4, -0.2) is 40.7 Å². The van der Waals surface area contributed by atoms with Crippen molar-refractivity contribution < 1.29 is 4.92 Å². The monoisotopic (exact) mass is 267 g/mol. The Balaban J connectivity index is 2.44. The number of hydrogen-bond donors (Lipinski definition) is 1. The number of nitrogens with zero attached hydrogens (tertiary/aromatic N) is 4. The van der Waals surface area contributed by atoms with Crippen molar-refractivity contribution in [1.29, 1.82) is 0 Å². The largest absolute Gasteiger partial charge is 0.406 e. The van der Waals surface area contributed by atoms with Crippen LogP contribution in [0.15, 0.2) is 0 Å². The molecule has 1 aliphatic rings. The van der Waals surface area contributed by atoms with E-state index in [-0.39, 0.29) is 10.7 Å². The summed E-state index contributed by atoms with van der Waals surface area (Å²) < 4.78 is 1.94. The van der Waals surface area contributed by atoms with E-state index < -0.39 is 0 Å². The summed E-state index contributed by atoms with van der Waals surface area (Å²) >= 11 is 0. The second kappa shape index (κ2) is 5.56. The van der Waals surface area contributed by atoms with Crippen LogP contribution >= 0.6 is 0 Å². The van der Waals surface area contributed by atoms with Gasteiger partial charge in [-0.25, -0.2) is 0 Å². The summed E-state index contributed by atoms with van der Waals surface area (Å²) in [6.45, 7) is 6.21. The van der Waals surface area contributed by atoms with Gasteiger partial charge in [0.1, 0.15) is 0 Å². The minimum Gasteiger partial charge on any atom is -0.358 e. The van der Waals surface area contributed by atoms with Gasteiger partial charge < -0.3 is 20.3 Å². The lowest BCUT2D eigenvalue weighted by Crippen LogP contribution is -2.38. The number of likely N-dealkylation sites (N-methyl/N-ethyl adjacent to an activating group) is 1. The maximum absolute atomic E-state index is 11.2. The number of hydrogen-bond acceptors (Lipinski definition) is 5. The van der Waals surface area contributed by atoms with Crippen LogP contribution in [-0.2, 0) is 6.54 Å². The molecule has 0 saturated carbocycles. The van der Waals surface area contributed by atoms with E-state index in [0.717, 1.165) is 25.9 Å². The van der Waals surface area contributed by atoms with Gasteiger partial charge in [0.15, 0.2) is 0 Å². The molecule has 1 saturated heterocycles. The summed E-state index contributed by atoms with van der Waals surface area (Å²) in [7, 11) is 1.91. The summed E-state index contributed by atoms with van der Waals surface area (Å²) in [5.41, 5.74) is 0. The molecule has 1 aliphatic heterocycles. The zero-order valence-corrected chi connectivity index (χ0v) is 11.7. The molecule has 1 N–H and O–H groups in total. The van der Waals surface area contributed by atoms with E-state index in [1.165, 1.54) is 0 Å². The molecule has 0 bridgehead atoms. The third kappa shape index (κ3) is 2.42. The van der Waals surface area contributed by atoms with Gasteiger partial charge in [0, 0.05) is 32.6 Å². The molecule has 1 aromatic heterocycles. The average molecular weight is 267 g/mol. The first-order valence-corrected chi connectivity index (χ1v) is 6.72. The van der Waals surface area contributed by atoms with Crippen LogP contribution in [0.5, 0.6) is 0 Å². The molecule has 0 amide bonds. The van der Waals surface area contributed by atoms with Crippen molar-refractivity contribution in [2.45, 2.75) is 39.3 Å². The molecule has 0 aromatic carbocycles. The molecule has 1 fully saturated rings. The molecule has 2 heterocycles. The third-order valence-corrected chi connectivity index (χ3v) is 3.69. The second-order valence-electron chi connectivity index (χ2n) is 4.85. The lowest BCUT2D eigenvalue weighted by atomic mass is 10.2. The van der Waals surface area contributed by atoms with E-state index >= 15 is 0 Å². The van der Waals surface area contributed by atoms with Crippen molar-refractivity contribution in [3.05, 3.63) is 15.9 Å². The Morgan fingerprint density at radius 3 is 2.89 bits per heavy atom.